The van der Waals surface area contributed by atoms with Crippen LogP contribution in [0.25, 0.3) is 0 Å². The van der Waals surface area contributed by atoms with Crippen LogP contribution in [0.2, 0.25) is 0 Å². The number of rotatable bonds is 3. The first-order valence-corrected chi connectivity index (χ1v) is 4.18. The first-order chi connectivity index (χ1) is 5.20. The Kier molecular flexibility index (Phi) is 5.54. The molecular weight excluding hydrogens is 132 g/mol. The minimum atomic E-state index is 1.12. The van der Waals surface area contributed by atoms with E-state index in [1.807, 2.05) is 0 Å². The van der Waals surface area contributed by atoms with Crippen LogP contribution in [0.5, 0.6) is 0 Å². The Hall–Kier alpha value is -0.780. The van der Waals surface area contributed by atoms with E-state index in [2.05, 4.69) is 52.0 Å². The van der Waals surface area contributed by atoms with Gasteiger partial charge < -0.3 is 0 Å². The molecule has 62 valence electrons. The van der Waals surface area contributed by atoms with Crippen LogP contribution >= 0.6 is 0 Å². The average molecular weight is 150 g/mol. The largest absolute Gasteiger partial charge is 0.0847 e. The molecule has 0 fully saturated rings. The molecule has 0 saturated heterocycles. The van der Waals surface area contributed by atoms with Crippen molar-refractivity contribution in [3.8, 4) is 0 Å². The van der Waals surface area contributed by atoms with E-state index in [9.17, 15) is 0 Å². The molecule has 0 atom stereocenters. The monoisotopic (exact) mass is 150 g/mol. The quantitative estimate of drug-likeness (QED) is 0.536. The van der Waals surface area contributed by atoms with Crippen LogP contribution in [0.4, 0.5) is 0 Å². The normalized spacial score (nSPS) is 14.5. The summed E-state index contributed by atoms with van der Waals surface area (Å²) in [5.41, 5.74) is 2.66. The topological polar surface area (TPSA) is 0 Å². The summed E-state index contributed by atoms with van der Waals surface area (Å²) in [6.45, 7) is 8.44. The lowest BCUT2D eigenvalue weighted by Crippen LogP contribution is -1.69. The summed E-state index contributed by atoms with van der Waals surface area (Å²) in [5.74, 6) is 0. The smallest absolute Gasteiger partial charge is 0.0374 e. The fourth-order valence-electron chi connectivity index (χ4n) is 0.749. The predicted octanol–water partition coefficient (Wildman–Crippen LogP) is 3.87. The van der Waals surface area contributed by atoms with Crippen LogP contribution < -0.4 is 0 Å². The molecule has 0 heterocycles. The Morgan fingerprint density at radius 1 is 1.09 bits per heavy atom. The first kappa shape index (κ1) is 10.2. The third-order valence-electron chi connectivity index (χ3n) is 1.59. The van der Waals surface area contributed by atoms with Gasteiger partial charge in [0.2, 0.25) is 0 Å². The van der Waals surface area contributed by atoms with Gasteiger partial charge in [-0.05, 0) is 27.2 Å². The van der Waals surface area contributed by atoms with Gasteiger partial charge in [-0.2, -0.15) is 0 Å². The molecule has 0 unspecified atom stereocenters. The summed E-state index contributed by atoms with van der Waals surface area (Å²) < 4.78 is 0. The van der Waals surface area contributed by atoms with E-state index in [1.54, 1.807) is 0 Å². The minimum Gasteiger partial charge on any atom is -0.0847 e. The van der Waals surface area contributed by atoms with Crippen molar-refractivity contribution in [2.75, 3.05) is 0 Å². The van der Waals surface area contributed by atoms with Crippen molar-refractivity contribution in [1.82, 2.24) is 0 Å². The number of allylic oxidation sites excluding steroid dienone is 6. The van der Waals surface area contributed by atoms with Gasteiger partial charge in [0.05, 0.1) is 0 Å². The molecule has 0 amide bonds. The van der Waals surface area contributed by atoms with E-state index in [0.717, 1.165) is 6.42 Å². The molecule has 0 aromatic rings. The van der Waals surface area contributed by atoms with E-state index in [-0.39, 0.29) is 0 Å². The lowest BCUT2D eigenvalue weighted by molar-refractivity contribution is 1.20. The highest BCUT2D eigenvalue weighted by atomic mass is 13.9. The maximum absolute atomic E-state index is 2.22. The zero-order valence-corrected chi connectivity index (χ0v) is 8.02. The van der Waals surface area contributed by atoms with Crippen molar-refractivity contribution >= 4 is 0 Å². The van der Waals surface area contributed by atoms with Crippen LogP contribution in [0.15, 0.2) is 35.5 Å². The molecule has 0 bridgehead atoms. The molecule has 0 N–H and O–H groups in total. The molecule has 0 aliphatic carbocycles. The summed E-state index contributed by atoms with van der Waals surface area (Å²) in [6, 6.07) is 0. The van der Waals surface area contributed by atoms with Gasteiger partial charge in [0.25, 0.3) is 0 Å². The second-order valence-corrected chi connectivity index (χ2v) is 2.72. The second kappa shape index (κ2) is 5.96. The lowest BCUT2D eigenvalue weighted by atomic mass is 10.2. The average Bonchev–Trinajstić information content (AvgIpc) is 2.01. The van der Waals surface area contributed by atoms with Gasteiger partial charge in [0.15, 0.2) is 0 Å². The van der Waals surface area contributed by atoms with Gasteiger partial charge >= 0.3 is 0 Å². The predicted molar refractivity (Wildman–Crippen MR) is 52.6 cm³/mol. The summed E-state index contributed by atoms with van der Waals surface area (Å²) in [6.07, 6.45) is 9.74. The van der Waals surface area contributed by atoms with E-state index < -0.39 is 0 Å². The van der Waals surface area contributed by atoms with E-state index in [4.69, 9.17) is 0 Å². The molecular formula is C11H18. The summed E-state index contributed by atoms with van der Waals surface area (Å²) >= 11 is 0. The Morgan fingerprint density at radius 3 is 2.09 bits per heavy atom. The number of hydrogen-bond donors (Lipinski definition) is 0. The fourth-order valence-corrected chi connectivity index (χ4v) is 0.749. The fraction of sp³-hybridized carbons (Fsp3) is 0.455. The third kappa shape index (κ3) is 5.65. The molecule has 0 radical (unpaired) electrons. The molecule has 11 heavy (non-hydrogen) atoms. The number of hydrogen-bond acceptors (Lipinski definition) is 0. The molecule has 0 heteroatoms. The first-order valence-electron chi connectivity index (χ1n) is 4.18. The lowest BCUT2D eigenvalue weighted by Gasteiger charge is -1.90. The molecule has 0 aliphatic heterocycles. The zero-order valence-electron chi connectivity index (χ0n) is 8.02. The third-order valence-corrected chi connectivity index (χ3v) is 1.59. The molecule has 0 aromatic carbocycles. The van der Waals surface area contributed by atoms with E-state index in [0.29, 0.717) is 0 Å². The summed E-state index contributed by atoms with van der Waals surface area (Å²) in [4.78, 5) is 0. The van der Waals surface area contributed by atoms with Crippen molar-refractivity contribution in [2.24, 2.45) is 0 Å². The van der Waals surface area contributed by atoms with Gasteiger partial charge in [0.1, 0.15) is 0 Å². The highest BCUT2D eigenvalue weighted by Gasteiger charge is 1.80. The van der Waals surface area contributed by atoms with Gasteiger partial charge in [-0.25, -0.2) is 0 Å². The summed E-state index contributed by atoms with van der Waals surface area (Å²) in [7, 11) is 0. The van der Waals surface area contributed by atoms with Crippen molar-refractivity contribution in [3.63, 3.8) is 0 Å². The van der Waals surface area contributed by atoms with Crippen molar-refractivity contribution in [2.45, 2.75) is 34.1 Å². The highest BCUT2D eigenvalue weighted by Crippen LogP contribution is 2.01. The molecule has 0 aliphatic rings. The van der Waals surface area contributed by atoms with Gasteiger partial charge in [-0.3, -0.25) is 0 Å². The van der Waals surface area contributed by atoms with Gasteiger partial charge in [-0.1, -0.05) is 42.4 Å². The van der Waals surface area contributed by atoms with Crippen LogP contribution in [0.1, 0.15) is 34.1 Å². The van der Waals surface area contributed by atoms with Crippen LogP contribution in [-0.4, -0.2) is 0 Å². The van der Waals surface area contributed by atoms with Crippen molar-refractivity contribution < 1.29 is 0 Å². The van der Waals surface area contributed by atoms with Crippen molar-refractivity contribution in [3.05, 3.63) is 35.5 Å². The highest BCUT2D eigenvalue weighted by molar-refractivity contribution is 5.24. The van der Waals surface area contributed by atoms with E-state index in [1.165, 1.54) is 11.1 Å². The molecule has 0 aromatic heterocycles. The van der Waals surface area contributed by atoms with Crippen LogP contribution in [0, 0.1) is 0 Å². The summed E-state index contributed by atoms with van der Waals surface area (Å²) in [5, 5.41) is 0. The van der Waals surface area contributed by atoms with Gasteiger partial charge in [-0.15, -0.1) is 0 Å². The standard InChI is InChI=1S/C11H18/c1-5-7-11(4)9-8-10(3)6-2/h6-9H,5H2,1-4H3/b9-8-,10-6-,11-7-. The maximum Gasteiger partial charge on any atom is -0.0374 e. The molecule has 0 rings (SSSR count). The second-order valence-electron chi connectivity index (χ2n) is 2.72. The molecule has 0 nitrogen and oxygen atoms in total. The Morgan fingerprint density at radius 2 is 1.64 bits per heavy atom. The molecule has 0 saturated carbocycles. The zero-order chi connectivity index (χ0) is 8.69. The van der Waals surface area contributed by atoms with Crippen LogP contribution in [-0.2, 0) is 0 Å². The maximum atomic E-state index is 2.22. The SMILES string of the molecule is C\C=C(C)/C=C\C(C)=C/CC. The Bertz CT molecular complexity index is 180. The Labute approximate surface area is 70.3 Å². The van der Waals surface area contributed by atoms with Crippen LogP contribution in [0.3, 0.4) is 0 Å². The van der Waals surface area contributed by atoms with Gasteiger partial charge in [0, 0.05) is 0 Å². The van der Waals surface area contributed by atoms with E-state index >= 15 is 0 Å². The molecule has 0 spiro atoms. The Balaban J connectivity index is 4.03. The van der Waals surface area contributed by atoms with Crippen molar-refractivity contribution in [1.29, 1.82) is 0 Å². The minimum absolute atomic E-state index is 1.12.